The van der Waals surface area contributed by atoms with Crippen molar-refractivity contribution in [2.24, 2.45) is 0 Å². The van der Waals surface area contributed by atoms with Crippen LogP contribution >= 0.6 is 0 Å². The summed E-state index contributed by atoms with van der Waals surface area (Å²) >= 11 is 0. The summed E-state index contributed by atoms with van der Waals surface area (Å²) in [6, 6.07) is 6.26. The van der Waals surface area contributed by atoms with E-state index in [1.807, 2.05) is 18.2 Å². The van der Waals surface area contributed by atoms with E-state index in [1.54, 1.807) is 7.11 Å². The van der Waals surface area contributed by atoms with Crippen molar-refractivity contribution in [2.45, 2.75) is 32.0 Å². The Kier molecular flexibility index (Phi) is 4.09. The van der Waals surface area contributed by atoms with Crippen molar-refractivity contribution in [1.29, 1.82) is 0 Å². The minimum Gasteiger partial charge on any atom is -0.497 e. The number of nitrogens with zero attached hydrogens (tertiary/aromatic N) is 1. The van der Waals surface area contributed by atoms with Crippen molar-refractivity contribution >= 4 is 5.69 Å². The molecule has 0 bridgehead atoms. The molecule has 1 heterocycles. The van der Waals surface area contributed by atoms with Gasteiger partial charge in [-0.2, -0.15) is 0 Å². The summed E-state index contributed by atoms with van der Waals surface area (Å²) in [6.45, 7) is 3.80. The monoisotopic (exact) mass is 250 g/mol. The highest BCUT2D eigenvalue weighted by Gasteiger charge is 2.27. The van der Waals surface area contributed by atoms with Crippen LogP contribution in [0.25, 0.3) is 0 Å². The van der Waals surface area contributed by atoms with Crippen LogP contribution in [0.2, 0.25) is 0 Å². The van der Waals surface area contributed by atoms with Crippen molar-refractivity contribution in [3.63, 3.8) is 0 Å². The fraction of sp³-hybridized carbons (Fsp3) is 0.571. The SMILES string of the molecule is COc1ccc(N)c(CN(C)C2CCOC2C)c1. The maximum Gasteiger partial charge on any atom is 0.119 e. The molecule has 1 fully saturated rings. The molecule has 1 aromatic rings. The molecular weight excluding hydrogens is 228 g/mol. The number of likely N-dealkylation sites (N-methyl/N-ethyl adjacent to an activating group) is 1. The first-order valence-corrected chi connectivity index (χ1v) is 6.36. The molecule has 0 spiro atoms. The molecule has 18 heavy (non-hydrogen) atoms. The minimum absolute atomic E-state index is 0.293. The summed E-state index contributed by atoms with van der Waals surface area (Å²) in [6.07, 6.45) is 1.38. The van der Waals surface area contributed by atoms with Gasteiger partial charge in [0.1, 0.15) is 5.75 Å². The lowest BCUT2D eigenvalue weighted by Crippen LogP contribution is -2.36. The third-order valence-electron chi connectivity index (χ3n) is 3.67. The van der Waals surface area contributed by atoms with E-state index < -0.39 is 0 Å². The molecule has 1 aliphatic heterocycles. The number of ether oxygens (including phenoxy) is 2. The van der Waals surface area contributed by atoms with E-state index in [0.29, 0.717) is 12.1 Å². The minimum atomic E-state index is 0.293. The largest absolute Gasteiger partial charge is 0.497 e. The topological polar surface area (TPSA) is 47.7 Å². The number of hydrogen-bond acceptors (Lipinski definition) is 4. The highest BCUT2D eigenvalue weighted by atomic mass is 16.5. The Balaban J connectivity index is 2.08. The lowest BCUT2D eigenvalue weighted by Gasteiger charge is -2.27. The Morgan fingerprint density at radius 2 is 2.28 bits per heavy atom. The number of anilines is 1. The molecule has 1 aromatic carbocycles. The first-order chi connectivity index (χ1) is 8.61. The van der Waals surface area contributed by atoms with Gasteiger partial charge in [-0.15, -0.1) is 0 Å². The Morgan fingerprint density at radius 1 is 1.50 bits per heavy atom. The molecule has 2 unspecified atom stereocenters. The molecule has 2 N–H and O–H groups in total. The van der Waals surface area contributed by atoms with Crippen LogP contribution < -0.4 is 10.5 Å². The summed E-state index contributed by atoms with van der Waals surface area (Å²) in [7, 11) is 3.79. The second-order valence-corrected chi connectivity index (χ2v) is 4.91. The van der Waals surface area contributed by atoms with E-state index in [-0.39, 0.29) is 0 Å². The van der Waals surface area contributed by atoms with Gasteiger partial charge in [0.15, 0.2) is 0 Å². The zero-order valence-electron chi connectivity index (χ0n) is 11.3. The average molecular weight is 250 g/mol. The van der Waals surface area contributed by atoms with Crippen molar-refractivity contribution in [1.82, 2.24) is 4.90 Å². The molecule has 2 rings (SSSR count). The third kappa shape index (κ3) is 2.76. The van der Waals surface area contributed by atoms with Crippen LogP contribution in [0.15, 0.2) is 18.2 Å². The molecule has 1 aliphatic rings. The van der Waals surface area contributed by atoms with Gasteiger partial charge in [-0.3, -0.25) is 4.90 Å². The number of nitrogen functional groups attached to an aromatic ring is 1. The maximum atomic E-state index is 6.01. The average Bonchev–Trinajstić information content (AvgIpc) is 2.78. The van der Waals surface area contributed by atoms with Crippen LogP contribution in [-0.2, 0) is 11.3 Å². The van der Waals surface area contributed by atoms with Gasteiger partial charge in [0.05, 0.1) is 13.2 Å². The predicted molar refractivity (Wildman–Crippen MR) is 72.7 cm³/mol. The zero-order valence-corrected chi connectivity index (χ0v) is 11.3. The summed E-state index contributed by atoms with van der Waals surface area (Å²) in [5.41, 5.74) is 7.93. The lowest BCUT2D eigenvalue weighted by atomic mass is 10.1. The third-order valence-corrected chi connectivity index (χ3v) is 3.67. The molecule has 2 atom stereocenters. The number of benzene rings is 1. The van der Waals surface area contributed by atoms with Crippen molar-refractivity contribution < 1.29 is 9.47 Å². The van der Waals surface area contributed by atoms with E-state index in [1.165, 1.54) is 0 Å². The Bertz CT molecular complexity index is 409. The predicted octanol–water partition coefficient (Wildman–Crippen LogP) is 1.89. The van der Waals surface area contributed by atoms with Gasteiger partial charge in [-0.25, -0.2) is 0 Å². The molecular formula is C14H22N2O2. The number of methoxy groups -OCH3 is 1. The highest BCUT2D eigenvalue weighted by Crippen LogP contribution is 2.24. The quantitative estimate of drug-likeness (QED) is 0.829. The van der Waals surface area contributed by atoms with Gasteiger partial charge >= 0.3 is 0 Å². The molecule has 4 heteroatoms. The fourth-order valence-corrected chi connectivity index (χ4v) is 2.53. The molecule has 0 saturated carbocycles. The van der Waals surface area contributed by atoms with Gasteiger partial charge in [0, 0.05) is 24.9 Å². The van der Waals surface area contributed by atoms with Gasteiger partial charge in [0.2, 0.25) is 0 Å². The van der Waals surface area contributed by atoms with Crippen LogP contribution in [-0.4, -0.2) is 37.8 Å². The van der Waals surface area contributed by atoms with Crippen LogP contribution in [0.5, 0.6) is 5.75 Å². The van der Waals surface area contributed by atoms with E-state index in [2.05, 4.69) is 18.9 Å². The highest BCUT2D eigenvalue weighted by molar-refractivity contribution is 5.50. The summed E-state index contributed by atoms with van der Waals surface area (Å²) < 4.78 is 10.8. The van der Waals surface area contributed by atoms with Crippen LogP contribution in [0.4, 0.5) is 5.69 Å². The Labute approximate surface area is 109 Å². The van der Waals surface area contributed by atoms with Gasteiger partial charge in [-0.05, 0) is 44.2 Å². The first-order valence-electron chi connectivity index (χ1n) is 6.36. The standard InChI is InChI=1S/C14H22N2O2/c1-10-14(6-7-18-10)16(2)9-11-8-12(17-3)4-5-13(11)15/h4-5,8,10,14H,6-7,9,15H2,1-3H3. The van der Waals surface area contributed by atoms with Gasteiger partial charge in [0.25, 0.3) is 0 Å². The van der Waals surface area contributed by atoms with E-state index in [9.17, 15) is 0 Å². The molecule has 0 amide bonds. The molecule has 1 saturated heterocycles. The maximum absolute atomic E-state index is 6.01. The van der Waals surface area contributed by atoms with E-state index in [0.717, 1.165) is 36.6 Å². The molecule has 0 aliphatic carbocycles. The summed E-state index contributed by atoms with van der Waals surface area (Å²) in [4.78, 5) is 2.31. The Hall–Kier alpha value is -1.26. The van der Waals surface area contributed by atoms with Gasteiger partial charge in [-0.1, -0.05) is 0 Å². The summed E-state index contributed by atoms with van der Waals surface area (Å²) in [5, 5.41) is 0. The second-order valence-electron chi connectivity index (χ2n) is 4.91. The van der Waals surface area contributed by atoms with Crippen LogP contribution in [0.3, 0.4) is 0 Å². The van der Waals surface area contributed by atoms with Crippen molar-refractivity contribution in [3.05, 3.63) is 23.8 Å². The number of rotatable bonds is 4. The normalized spacial score (nSPS) is 23.6. The van der Waals surface area contributed by atoms with Crippen LogP contribution in [0, 0.1) is 0 Å². The van der Waals surface area contributed by atoms with Crippen molar-refractivity contribution in [3.8, 4) is 5.75 Å². The van der Waals surface area contributed by atoms with Gasteiger partial charge < -0.3 is 15.2 Å². The molecule has 0 radical (unpaired) electrons. The molecule has 100 valence electrons. The lowest BCUT2D eigenvalue weighted by molar-refractivity contribution is 0.0815. The number of hydrogen-bond donors (Lipinski definition) is 1. The fourth-order valence-electron chi connectivity index (χ4n) is 2.53. The molecule has 4 nitrogen and oxygen atoms in total. The van der Waals surface area contributed by atoms with E-state index >= 15 is 0 Å². The van der Waals surface area contributed by atoms with Crippen LogP contribution in [0.1, 0.15) is 18.9 Å². The summed E-state index contributed by atoms with van der Waals surface area (Å²) in [5.74, 6) is 0.850. The first kappa shape index (κ1) is 13.2. The zero-order chi connectivity index (χ0) is 13.1. The van der Waals surface area contributed by atoms with Crippen molar-refractivity contribution in [2.75, 3.05) is 26.5 Å². The smallest absolute Gasteiger partial charge is 0.119 e. The molecule has 0 aromatic heterocycles. The Morgan fingerprint density at radius 3 is 2.89 bits per heavy atom. The number of nitrogens with two attached hydrogens (primary N) is 1. The second kappa shape index (κ2) is 5.59. The van der Waals surface area contributed by atoms with E-state index in [4.69, 9.17) is 15.2 Å².